The van der Waals surface area contributed by atoms with Gasteiger partial charge in [0.05, 0.1) is 11.3 Å². The number of allylic oxidation sites excluding steroid dienone is 1. The molecule has 0 saturated heterocycles. The highest BCUT2D eigenvalue weighted by Crippen LogP contribution is 2.34. The van der Waals surface area contributed by atoms with Gasteiger partial charge in [-0.05, 0) is 51.1 Å². The van der Waals surface area contributed by atoms with Crippen molar-refractivity contribution >= 4 is 22.9 Å². The van der Waals surface area contributed by atoms with Gasteiger partial charge in [-0.3, -0.25) is 4.79 Å². The molecule has 1 amide bonds. The molecule has 1 aromatic carbocycles. The average Bonchev–Trinajstić information content (AvgIpc) is 3.34. The molecule has 2 aromatic heterocycles. The maximum Gasteiger partial charge on any atom is 0.285 e. The first-order chi connectivity index (χ1) is 15.8. The number of carbonyl (C=O) groups is 1. The SMILES string of the molecule is CC1=C(C(N)=O)OC(C)N1c1ccc(F)c(-c2nc3ncc(C4=CCN(C)CC4)cn3n2)c1. The van der Waals surface area contributed by atoms with E-state index in [2.05, 4.69) is 33.1 Å². The first kappa shape index (κ1) is 21.1. The van der Waals surface area contributed by atoms with E-state index < -0.39 is 18.0 Å². The summed E-state index contributed by atoms with van der Waals surface area (Å²) in [5.41, 5.74) is 9.02. The molecule has 2 aliphatic heterocycles. The van der Waals surface area contributed by atoms with E-state index >= 15 is 0 Å². The summed E-state index contributed by atoms with van der Waals surface area (Å²) in [5.74, 6) is -0.401. The Bertz CT molecular complexity index is 1330. The molecule has 2 N–H and O–H groups in total. The fourth-order valence-electron chi connectivity index (χ4n) is 4.26. The quantitative estimate of drug-likeness (QED) is 0.653. The van der Waals surface area contributed by atoms with Crippen LogP contribution in [0.25, 0.3) is 22.7 Å². The molecule has 5 rings (SSSR count). The van der Waals surface area contributed by atoms with Crippen LogP contribution in [0, 0.1) is 5.82 Å². The van der Waals surface area contributed by atoms with Crippen LogP contribution < -0.4 is 10.6 Å². The molecule has 0 saturated carbocycles. The number of ether oxygens (including phenoxy) is 1. The van der Waals surface area contributed by atoms with Crippen LogP contribution in [0.15, 0.2) is 48.1 Å². The number of aromatic nitrogens is 4. The third kappa shape index (κ3) is 3.72. The minimum Gasteiger partial charge on any atom is -0.463 e. The van der Waals surface area contributed by atoms with E-state index in [4.69, 9.17) is 10.5 Å². The summed E-state index contributed by atoms with van der Waals surface area (Å²) in [6.07, 6.45) is 6.30. The van der Waals surface area contributed by atoms with Crippen molar-refractivity contribution in [3.8, 4) is 11.4 Å². The minimum absolute atomic E-state index is 0.0965. The average molecular weight is 449 g/mol. The van der Waals surface area contributed by atoms with Crippen LogP contribution in [0.1, 0.15) is 25.8 Å². The topological polar surface area (TPSA) is 102 Å². The molecule has 170 valence electrons. The summed E-state index contributed by atoms with van der Waals surface area (Å²) < 4.78 is 22.0. The van der Waals surface area contributed by atoms with Gasteiger partial charge in [0, 0.05) is 36.7 Å². The molecule has 0 spiro atoms. The first-order valence-electron chi connectivity index (χ1n) is 10.7. The van der Waals surface area contributed by atoms with Crippen LogP contribution in [-0.4, -0.2) is 56.8 Å². The van der Waals surface area contributed by atoms with E-state index in [1.807, 2.05) is 6.20 Å². The Hall–Kier alpha value is -3.79. The number of amides is 1. The minimum atomic E-state index is -0.646. The fourth-order valence-corrected chi connectivity index (χ4v) is 4.26. The van der Waals surface area contributed by atoms with Crippen LogP contribution in [-0.2, 0) is 9.53 Å². The number of halogens is 1. The van der Waals surface area contributed by atoms with Crippen LogP contribution in [0.4, 0.5) is 10.1 Å². The molecule has 3 aromatic rings. The highest BCUT2D eigenvalue weighted by atomic mass is 19.1. The first-order valence-corrected chi connectivity index (χ1v) is 10.7. The molecular weight excluding hydrogens is 425 g/mol. The van der Waals surface area contributed by atoms with Crippen LogP contribution in [0.2, 0.25) is 0 Å². The lowest BCUT2D eigenvalue weighted by molar-refractivity contribution is -0.118. The number of nitrogens with zero attached hydrogens (tertiary/aromatic N) is 6. The third-order valence-electron chi connectivity index (χ3n) is 6.01. The number of likely N-dealkylation sites (N-methyl/N-ethyl adjacent to an activating group) is 1. The van der Waals surface area contributed by atoms with E-state index in [-0.39, 0.29) is 17.1 Å². The van der Waals surface area contributed by atoms with Crippen LogP contribution >= 0.6 is 0 Å². The van der Waals surface area contributed by atoms with Crippen LogP contribution in [0.5, 0.6) is 0 Å². The zero-order valence-electron chi connectivity index (χ0n) is 18.6. The van der Waals surface area contributed by atoms with E-state index in [1.165, 1.54) is 11.6 Å². The van der Waals surface area contributed by atoms with Gasteiger partial charge in [-0.15, -0.1) is 5.10 Å². The predicted molar refractivity (Wildman–Crippen MR) is 121 cm³/mol. The number of anilines is 1. The van der Waals surface area contributed by atoms with Crippen molar-refractivity contribution in [1.82, 2.24) is 24.5 Å². The molecule has 4 heterocycles. The zero-order valence-corrected chi connectivity index (χ0v) is 18.6. The summed E-state index contributed by atoms with van der Waals surface area (Å²) in [4.78, 5) is 24.5. The molecule has 0 bridgehead atoms. The molecular formula is C23H24FN7O2. The number of hydrogen-bond acceptors (Lipinski definition) is 7. The molecule has 1 atom stereocenters. The maximum atomic E-state index is 14.8. The van der Waals surface area contributed by atoms with Gasteiger partial charge in [0.2, 0.25) is 5.76 Å². The normalized spacial score (nSPS) is 19.2. The van der Waals surface area contributed by atoms with Gasteiger partial charge in [-0.1, -0.05) is 6.08 Å². The second-order valence-electron chi connectivity index (χ2n) is 8.29. The predicted octanol–water partition coefficient (Wildman–Crippen LogP) is 2.55. The number of benzene rings is 1. The molecule has 9 nitrogen and oxygen atoms in total. The fraction of sp³-hybridized carbons (Fsp3) is 0.304. The summed E-state index contributed by atoms with van der Waals surface area (Å²) >= 11 is 0. The molecule has 0 radical (unpaired) electrons. The lowest BCUT2D eigenvalue weighted by atomic mass is 10.0. The molecule has 33 heavy (non-hydrogen) atoms. The van der Waals surface area contributed by atoms with Crippen LogP contribution in [0.3, 0.4) is 0 Å². The van der Waals surface area contributed by atoms with Crippen molar-refractivity contribution in [2.45, 2.75) is 26.5 Å². The monoisotopic (exact) mass is 449 g/mol. The Morgan fingerprint density at radius 3 is 2.85 bits per heavy atom. The molecule has 10 heteroatoms. The van der Waals surface area contributed by atoms with Gasteiger partial charge >= 0.3 is 0 Å². The van der Waals surface area contributed by atoms with E-state index in [0.29, 0.717) is 17.2 Å². The molecule has 1 unspecified atom stereocenters. The lowest BCUT2D eigenvalue weighted by Crippen LogP contribution is -2.27. The van der Waals surface area contributed by atoms with Crippen molar-refractivity contribution in [1.29, 1.82) is 0 Å². The second kappa shape index (κ2) is 7.96. The van der Waals surface area contributed by atoms with Gasteiger partial charge in [0.25, 0.3) is 11.7 Å². The Kier molecular flexibility index (Phi) is 5.09. The van der Waals surface area contributed by atoms with Crippen molar-refractivity contribution in [3.63, 3.8) is 0 Å². The summed E-state index contributed by atoms with van der Waals surface area (Å²) in [6.45, 7) is 5.39. The summed E-state index contributed by atoms with van der Waals surface area (Å²) in [6, 6.07) is 4.60. The van der Waals surface area contributed by atoms with Crippen molar-refractivity contribution in [2.24, 2.45) is 5.73 Å². The highest BCUT2D eigenvalue weighted by Gasteiger charge is 2.32. The van der Waals surface area contributed by atoms with E-state index in [1.54, 1.807) is 41.6 Å². The standard InChI is InChI=1S/C23H24FN7O2/c1-13-20(21(25)32)33-14(2)31(13)17-4-5-19(24)18(10-17)22-27-23-26-11-16(12-30(23)28-22)15-6-8-29(3)9-7-15/h4-6,10-12,14H,7-9H2,1-3H3,(H2,25,32). The Labute approximate surface area is 190 Å². The van der Waals surface area contributed by atoms with Gasteiger partial charge in [-0.2, -0.15) is 4.98 Å². The largest absolute Gasteiger partial charge is 0.463 e. The number of nitrogens with two attached hydrogens (primary N) is 1. The number of rotatable bonds is 4. The van der Waals surface area contributed by atoms with Crippen molar-refractivity contribution < 1.29 is 13.9 Å². The highest BCUT2D eigenvalue weighted by molar-refractivity contribution is 5.92. The number of carbonyl (C=O) groups excluding carboxylic acids is 1. The van der Waals surface area contributed by atoms with Gasteiger partial charge in [0.15, 0.2) is 12.1 Å². The van der Waals surface area contributed by atoms with E-state index in [9.17, 15) is 9.18 Å². The molecule has 0 fully saturated rings. The molecule has 0 aliphatic carbocycles. The Morgan fingerprint density at radius 1 is 1.33 bits per heavy atom. The smallest absolute Gasteiger partial charge is 0.285 e. The summed E-state index contributed by atoms with van der Waals surface area (Å²) in [7, 11) is 2.09. The third-order valence-corrected chi connectivity index (χ3v) is 6.01. The number of hydrogen-bond donors (Lipinski definition) is 1. The number of fused-ring (bicyclic) bond motifs is 1. The molecule has 2 aliphatic rings. The van der Waals surface area contributed by atoms with Gasteiger partial charge in [-0.25, -0.2) is 13.9 Å². The zero-order chi connectivity index (χ0) is 23.3. The van der Waals surface area contributed by atoms with Crippen molar-refractivity contribution in [2.75, 3.05) is 25.0 Å². The van der Waals surface area contributed by atoms with E-state index in [0.717, 1.165) is 25.1 Å². The maximum absolute atomic E-state index is 14.8. The second-order valence-corrected chi connectivity index (χ2v) is 8.29. The summed E-state index contributed by atoms with van der Waals surface area (Å²) in [5, 5.41) is 4.49. The Balaban J connectivity index is 1.52. The van der Waals surface area contributed by atoms with Gasteiger partial charge in [0.1, 0.15) is 5.82 Å². The lowest BCUT2D eigenvalue weighted by Gasteiger charge is -2.24. The number of primary amides is 1. The van der Waals surface area contributed by atoms with Gasteiger partial charge < -0.3 is 20.3 Å². The van der Waals surface area contributed by atoms with Crippen molar-refractivity contribution in [3.05, 3.63) is 59.5 Å². The Morgan fingerprint density at radius 2 is 2.15 bits per heavy atom.